The van der Waals surface area contributed by atoms with E-state index in [0.29, 0.717) is 11.3 Å². The van der Waals surface area contributed by atoms with Gasteiger partial charge in [-0.15, -0.1) is 0 Å². The number of halogens is 1. The summed E-state index contributed by atoms with van der Waals surface area (Å²) in [4.78, 5) is 12.4. The average molecular weight is 544 g/mol. The van der Waals surface area contributed by atoms with Crippen LogP contribution in [0, 0.1) is 21.8 Å². The van der Waals surface area contributed by atoms with Crippen LogP contribution in [0.15, 0.2) is 83.3 Å². The fraction of sp³-hybridized carbons (Fsp3) is 0.0435. The van der Waals surface area contributed by atoms with Crippen molar-refractivity contribution in [2.24, 2.45) is 0 Å². The summed E-state index contributed by atoms with van der Waals surface area (Å²) in [6.45, 7) is 1.86. The predicted octanol–water partition coefficient (Wildman–Crippen LogP) is 4.91. The molecule has 0 saturated carbocycles. The van der Waals surface area contributed by atoms with Gasteiger partial charge >= 0.3 is 10.1 Å². The Kier molecular flexibility index (Phi) is 7.09. The molecule has 156 valence electrons. The molecule has 0 radical (unpaired) electrons. The quantitative estimate of drug-likeness (QED) is 0.206. The first-order valence-electron chi connectivity index (χ1n) is 9.07. The summed E-state index contributed by atoms with van der Waals surface area (Å²) in [5.74, 6) is -0.411. The molecule has 0 spiro atoms. The number of carbonyl (C=O) groups is 1. The van der Waals surface area contributed by atoms with Crippen LogP contribution in [0.2, 0.25) is 0 Å². The Labute approximate surface area is 194 Å². The number of amides is 1. The van der Waals surface area contributed by atoms with E-state index in [0.717, 1.165) is 9.13 Å². The van der Waals surface area contributed by atoms with E-state index in [1.165, 1.54) is 30.3 Å². The molecule has 0 heterocycles. The van der Waals surface area contributed by atoms with Crippen molar-refractivity contribution in [2.75, 3.05) is 5.32 Å². The van der Waals surface area contributed by atoms with Gasteiger partial charge in [-0.1, -0.05) is 35.9 Å². The highest BCUT2D eigenvalue weighted by molar-refractivity contribution is 14.1. The van der Waals surface area contributed by atoms with Gasteiger partial charge in [0.1, 0.15) is 22.3 Å². The van der Waals surface area contributed by atoms with E-state index >= 15 is 0 Å². The second-order valence-electron chi connectivity index (χ2n) is 6.55. The molecule has 0 saturated heterocycles. The molecule has 0 unspecified atom stereocenters. The van der Waals surface area contributed by atoms with Crippen molar-refractivity contribution in [3.05, 3.63) is 93.1 Å². The van der Waals surface area contributed by atoms with E-state index in [9.17, 15) is 18.5 Å². The van der Waals surface area contributed by atoms with Crippen LogP contribution in [0.1, 0.15) is 11.1 Å². The van der Waals surface area contributed by atoms with E-state index in [1.807, 2.05) is 19.1 Å². The Morgan fingerprint density at radius 3 is 2.35 bits per heavy atom. The Morgan fingerprint density at radius 1 is 1.06 bits per heavy atom. The molecule has 8 heteroatoms. The number of carbonyl (C=O) groups excluding carboxylic acids is 1. The van der Waals surface area contributed by atoms with Gasteiger partial charge in [0.2, 0.25) is 0 Å². The Hall–Kier alpha value is -3.16. The monoisotopic (exact) mass is 544 g/mol. The molecule has 6 nitrogen and oxygen atoms in total. The minimum atomic E-state index is -3.95. The highest BCUT2D eigenvalue weighted by Crippen LogP contribution is 2.21. The molecule has 0 aromatic heterocycles. The molecule has 0 atom stereocenters. The second kappa shape index (κ2) is 9.76. The van der Waals surface area contributed by atoms with E-state index in [2.05, 4.69) is 27.9 Å². The minimum absolute atomic E-state index is 0.0566. The number of anilines is 1. The first-order chi connectivity index (χ1) is 14.8. The number of hydrogen-bond donors (Lipinski definition) is 1. The molecule has 0 bridgehead atoms. The Morgan fingerprint density at radius 2 is 1.74 bits per heavy atom. The normalized spacial score (nSPS) is 11.5. The highest BCUT2D eigenvalue weighted by Gasteiger charge is 2.16. The van der Waals surface area contributed by atoms with Crippen LogP contribution in [0.4, 0.5) is 5.69 Å². The molecule has 3 rings (SSSR count). The molecular weight excluding hydrogens is 527 g/mol. The number of benzene rings is 3. The fourth-order valence-corrected chi connectivity index (χ4v) is 4.05. The van der Waals surface area contributed by atoms with Gasteiger partial charge in [0.05, 0.1) is 0 Å². The second-order valence-corrected chi connectivity index (χ2v) is 9.35. The molecule has 3 aromatic carbocycles. The van der Waals surface area contributed by atoms with Crippen LogP contribution in [-0.2, 0) is 14.9 Å². The van der Waals surface area contributed by atoms with Gasteiger partial charge in [-0.25, -0.2) is 0 Å². The molecule has 31 heavy (non-hydrogen) atoms. The number of nitrogens with zero attached hydrogens (tertiary/aromatic N) is 1. The smallest absolute Gasteiger partial charge is 0.339 e. The lowest BCUT2D eigenvalue weighted by Crippen LogP contribution is -2.13. The minimum Gasteiger partial charge on any atom is -0.379 e. The third kappa shape index (κ3) is 6.16. The van der Waals surface area contributed by atoms with Crippen LogP contribution in [0.25, 0.3) is 6.08 Å². The molecule has 3 aromatic rings. The van der Waals surface area contributed by atoms with Gasteiger partial charge in [0.25, 0.3) is 5.91 Å². The molecular formula is C23H17IN2O4S. The molecule has 1 N–H and O–H groups in total. The van der Waals surface area contributed by atoms with Gasteiger partial charge in [-0.2, -0.15) is 13.7 Å². The van der Waals surface area contributed by atoms with Crippen molar-refractivity contribution in [3.8, 4) is 11.8 Å². The maximum absolute atomic E-state index is 12.4. The molecule has 0 aliphatic rings. The maximum atomic E-state index is 12.4. The van der Waals surface area contributed by atoms with Gasteiger partial charge in [0, 0.05) is 9.26 Å². The summed E-state index contributed by atoms with van der Waals surface area (Å²) in [5, 5.41) is 12.0. The average Bonchev–Trinajstić information content (AvgIpc) is 2.73. The zero-order chi connectivity index (χ0) is 22.4. The fourth-order valence-electron chi connectivity index (χ4n) is 2.58. The van der Waals surface area contributed by atoms with Crippen molar-refractivity contribution in [1.29, 1.82) is 5.26 Å². The summed E-state index contributed by atoms with van der Waals surface area (Å²) < 4.78 is 30.9. The van der Waals surface area contributed by atoms with E-state index in [1.54, 1.807) is 42.5 Å². The van der Waals surface area contributed by atoms with Gasteiger partial charge in [-0.3, -0.25) is 4.79 Å². The first-order valence-corrected chi connectivity index (χ1v) is 11.6. The van der Waals surface area contributed by atoms with Crippen molar-refractivity contribution in [2.45, 2.75) is 11.8 Å². The van der Waals surface area contributed by atoms with Crippen LogP contribution < -0.4 is 9.50 Å². The van der Waals surface area contributed by atoms with Crippen LogP contribution in [0.5, 0.6) is 5.75 Å². The summed E-state index contributed by atoms with van der Waals surface area (Å²) in [6, 6.07) is 21.5. The number of rotatable bonds is 6. The van der Waals surface area contributed by atoms with Gasteiger partial charge < -0.3 is 9.50 Å². The molecule has 0 fully saturated rings. The molecule has 0 aliphatic heterocycles. The zero-order valence-corrected chi connectivity index (χ0v) is 19.3. The summed E-state index contributed by atoms with van der Waals surface area (Å²) in [6.07, 6.45) is 1.42. The Bertz CT molecular complexity index is 1280. The maximum Gasteiger partial charge on any atom is 0.339 e. The van der Waals surface area contributed by atoms with E-state index in [-0.39, 0.29) is 16.2 Å². The van der Waals surface area contributed by atoms with Gasteiger partial charge in [-0.05, 0) is 83.6 Å². The van der Waals surface area contributed by atoms with E-state index in [4.69, 9.17) is 4.18 Å². The van der Waals surface area contributed by atoms with Crippen molar-refractivity contribution in [1.82, 2.24) is 0 Å². The highest BCUT2D eigenvalue weighted by atomic mass is 127. The molecule has 1 amide bonds. The van der Waals surface area contributed by atoms with Crippen molar-refractivity contribution < 1.29 is 17.4 Å². The zero-order valence-electron chi connectivity index (χ0n) is 16.4. The van der Waals surface area contributed by atoms with Crippen LogP contribution in [0.3, 0.4) is 0 Å². The van der Waals surface area contributed by atoms with Gasteiger partial charge in [0.15, 0.2) is 0 Å². The lowest BCUT2D eigenvalue weighted by Gasteiger charge is -2.08. The first kappa shape index (κ1) is 22.5. The van der Waals surface area contributed by atoms with Crippen molar-refractivity contribution in [3.63, 3.8) is 0 Å². The van der Waals surface area contributed by atoms with E-state index < -0.39 is 16.0 Å². The third-order valence-electron chi connectivity index (χ3n) is 4.15. The van der Waals surface area contributed by atoms with Crippen LogP contribution in [-0.4, -0.2) is 14.3 Å². The largest absolute Gasteiger partial charge is 0.379 e. The SMILES string of the molecule is Cc1ccc(S(=O)(=O)Oc2ccc(/C=C(\C#N)C(=O)Nc3cccc(I)c3)cc2)cc1. The Balaban J connectivity index is 1.73. The number of nitrogens with one attached hydrogen (secondary N) is 1. The standard InChI is InChI=1S/C23H17IN2O4S/c1-16-5-11-22(12-6-16)31(28,29)30-21-9-7-17(8-10-21)13-18(15-25)23(27)26-20-4-2-3-19(24)14-20/h2-14H,1H3,(H,26,27)/b18-13+. The summed E-state index contributed by atoms with van der Waals surface area (Å²) in [7, 11) is -3.95. The number of aryl methyl sites for hydroxylation is 1. The number of hydrogen-bond acceptors (Lipinski definition) is 5. The van der Waals surface area contributed by atoms with Crippen molar-refractivity contribution >= 4 is 50.4 Å². The lowest BCUT2D eigenvalue weighted by atomic mass is 10.1. The summed E-state index contributed by atoms with van der Waals surface area (Å²) in [5.41, 5.74) is 1.99. The lowest BCUT2D eigenvalue weighted by molar-refractivity contribution is -0.112. The van der Waals surface area contributed by atoms with Crippen LogP contribution >= 0.6 is 22.6 Å². The molecule has 0 aliphatic carbocycles. The predicted molar refractivity (Wildman–Crippen MR) is 127 cm³/mol. The summed E-state index contributed by atoms with van der Waals surface area (Å²) >= 11 is 2.13. The third-order valence-corrected chi connectivity index (χ3v) is 6.09. The number of nitriles is 1. The topological polar surface area (TPSA) is 96.3 Å².